The number of benzene rings is 2. The molecule has 2 unspecified atom stereocenters. The summed E-state index contributed by atoms with van der Waals surface area (Å²) in [5.41, 5.74) is 10.4. The number of amides is 1. The van der Waals surface area contributed by atoms with Crippen molar-refractivity contribution in [3.8, 4) is 0 Å². The van der Waals surface area contributed by atoms with E-state index >= 15 is 0 Å². The summed E-state index contributed by atoms with van der Waals surface area (Å²) in [6.07, 6.45) is 3.35. The number of rotatable bonds is 10. The highest BCUT2D eigenvalue weighted by molar-refractivity contribution is 6.21. The molecule has 1 aliphatic heterocycles. The van der Waals surface area contributed by atoms with E-state index in [1.165, 1.54) is 0 Å². The highest BCUT2D eigenvalue weighted by atomic mass is 16.5. The summed E-state index contributed by atoms with van der Waals surface area (Å²) in [6.45, 7) is 3.22. The zero-order valence-electron chi connectivity index (χ0n) is 21.9. The van der Waals surface area contributed by atoms with Crippen LogP contribution in [0.2, 0.25) is 0 Å². The summed E-state index contributed by atoms with van der Waals surface area (Å²) in [4.78, 5) is 33.0. The van der Waals surface area contributed by atoms with Crippen molar-refractivity contribution in [2.24, 2.45) is 5.73 Å². The lowest BCUT2D eigenvalue weighted by Gasteiger charge is -2.27. The van der Waals surface area contributed by atoms with Gasteiger partial charge in [-0.3, -0.25) is 14.4 Å². The molecule has 0 saturated heterocycles. The summed E-state index contributed by atoms with van der Waals surface area (Å²) in [6, 6.07) is 14.0. The number of ether oxygens (including phenoxy) is 3. The second-order valence-corrected chi connectivity index (χ2v) is 8.83. The average molecular weight is 523 g/mol. The molecule has 2 aromatic carbocycles. The SMILES string of the molecule is CCOCC1=CC(OC)=C(c2ccc(CCC(=O)O)cc2)C(OC)C1.NC(=O)C1Nc2ccccc2C1=O. The molecular formula is C29H34N2O7. The van der Waals surface area contributed by atoms with Gasteiger partial charge >= 0.3 is 5.97 Å². The van der Waals surface area contributed by atoms with Crippen LogP contribution in [0.25, 0.3) is 5.57 Å². The highest BCUT2D eigenvalue weighted by Crippen LogP contribution is 2.34. The van der Waals surface area contributed by atoms with Crippen molar-refractivity contribution < 1.29 is 33.7 Å². The number of fused-ring (bicyclic) bond motifs is 1. The summed E-state index contributed by atoms with van der Waals surface area (Å²) in [5.74, 6) is -0.887. The molecule has 0 fully saturated rings. The van der Waals surface area contributed by atoms with E-state index in [9.17, 15) is 14.4 Å². The first-order chi connectivity index (χ1) is 18.3. The topological polar surface area (TPSA) is 137 Å². The van der Waals surface area contributed by atoms with Gasteiger partial charge in [0.1, 0.15) is 5.76 Å². The minimum absolute atomic E-state index is 0.0970. The van der Waals surface area contributed by atoms with Gasteiger partial charge in [-0.1, -0.05) is 36.4 Å². The number of carbonyl (C=O) groups is 3. The third kappa shape index (κ3) is 7.08. The first-order valence-electron chi connectivity index (χ1n) is 12.4. The fourth-order valence-electron chi connectivity index (χ4n) is 4.36. The van der Waals surface area contributed by atoms with Crippen LogP contribution in [0.4, 0.5) is 5.69 Å². The Morgan fingerprint density at radius 2 is 1.82 bits per heavy atom. The highest BCUT2D eigenvalue weighted by Gasteiger charge is 2.33. The number of anilines is 1. The molecule has 1 amide bonds. The zero-order valence-corrected chi connectivity index (χ0v) is 21.9. The van der Waals surface area contributed by atoms with E-state index in [1.54, 1.807) is 38.5 Å². The number of aryl methyl sites for hydroxylation is 1. The molecule has 202 valence electrons. The molecule has 2 aromatic rings. The predicted molar refractivity (Wildman–Crippen MR) is 144 cm³/mol. The molecule has 0 aromatic heterocycles. The quantitative estimate of drug-likeness (QED) is 0.403. The van der Waals surface area contributed by atoms with E-state index in [0.717, 1.165) is 34.5 Å². The first kappa shape index (κ1) is 28.6. The molecule has 38 heavy (non-hydrogen) atoms. The first-order valence-corrected chi connectivity index (χ1v) is 12.4. The number of carboxylic acids is 1. The minimum Gasteiger partial charge on any atom is -0.496 e. The molecule has 0 saturated carbocycles. The molecular weight excluding hydrogens is 488 g/mol. The number of methoxy groups -OCH3 is 2. The molecule has 2 aliphatic rings. The molecule has 4 N–H and O–H groups in total. The van der Waals surface area contributed by atoms with E-state index in [4.69, 9.17) is 25.1 Å². The van der Waals surface area contributed by atoms with E-state index in [0.29, 0.717) is 30.9 Å². The molecule has 4 rings (SSSR count). The van der Waals surface area contributed by atoms with E-state index in [1.807, 2.05) is 37.3 Å². The van der Waals surface area contributed by atoms with Crippen molar-refractivity contribution in [1.82, 2.24) is 0 Å². The second-order valence-electron chi connectivity index (χ2n) is 8.83. The number of nitrogens with one attached hydrogen (secondary N) is 1. The maximum absolute atomic E-state index is 11.5. The molecule has 9 heteroatoms. The van der Waals surface area contributed by atoms with Crippen LogP contribution in [0.3, 0.4) is 0 Å². The summed E-state index contributed by atoms with van der Waals surface area (Å²) >= 11 is 0. The monoisotopic (exact) mass is 522 g/mol. The standard InChI is InChI=1S/C20H26O5.C9H8N2O2/c1-4-25-13-15-11-17(23-2)20(18(12-15)24-3)16-8-5-14(6-9-16)7-10-19(21)22;10-9(13)7-8(12)5-3-1-2-4-6(5)11-7/h5-6,8-9,11,18H,4,7,10,12-13H2,1-3H3,(H,21,22);1-4,7,11H,(H2,10,13). The fourth-order valence-corrected chi connectivity index (χ4v) is 4.36. The lowest BCUT2D eigenvalue weighted by Crippen LogP contribution is -2.37. The fraction of sp³-hybridized carbons (Fsp3) is 0.345. The maximum atomic E-state index is 11.5. The Hall–Kier alpha value is -3.95. The number of allylic oxidation sites excluding steroid dienone is 1. The van der Waals surface area contributed by atoms with E-state index in [2.05, 4.69) is 5.32 Å². The van der Waals surface area contributed by atoms with Gasteiger partial charge in [0.2, 0.25) is 5.91 Å². The summed E-state index contributed by atoms with van der Waals surface area (Å²) < 4.78 is 16.8. The molecule has 1 heterocycles. The maximum Gasteiger partial charge on any atom is 0.303 e. The Bertz CT molecular complexity index is 1220. The minimum atomic E-state index is -0.891. The van der Waals surface area contributed by atoms with Crippen molar-refractivity contribution in [2.45, 2.75) is 38.3 Å². The number of aliphatic carboxylic acids is 1. The third-order valence-corrected chi connectivity index (χ3v) is 6.30. The Labute approximate surface area is 222 Å². The van der Waals surface area contributed by atoms with Crippen LogP contribution >= 0.6 is 0 Å². The molecule has 2 atom stereocenters. The van der Waals surface area contributed by atoms with E-state index in [-0.39, 0.29) is 18.3 Å². The number of para-hydroxylation sites is 1. The van der Waals surface area contributed by atoms with Gasteiger partial charge in [-0.05, 0) is 48.3 Å². The third-order valence-electron chi connectivity index (χ3n) is 6.30. The van der Waals surface area contributed by atoms with Gasteiger partial charge in [0, 0.05) is 43.4 Å². The van der Waals surface area contributed by atoms with Gasteiger partial charge in [0.05, 0.1) is 19.8 Å². The number of Topliss-reactive ketones (excluding diaryl/α,β-unsaturated/α-hetero) is 1. The largest absolute Gasteiger partial charge is 0.496 e. The Balaban J connectivity index is 0.000000256. The van der Waals surface area contributed by atoms with Crippen LogP contribution in [-0.2, 0) is 30.2 Å². The van der Waals surface area contributed by atoms with Crippen LogP contribution in [-0.4, -0.2) is 62.3 Å². The van der Waals surface area contributed by atoms with Gasteiger partial charge in [0.25, 0.3) is 0 Å². The van der Waals surface area contributed by atoms with Crippen molar-refractivity contribution in [2.75, 3.05) is 32.8 Å². The van der Waals surface area contributed by atoms with Crippen LogP contribution in [0.1, 0.15) is 41.3 Å². The average Bonchev–Trinajstić information content (AvgIpc) is 3.27. The van der Waals surface area contributed by atoms with Crippen LogP contribution in [0, 0.1) is 0 Å². The second kappa shape index (κ2) is 13.6. The normalized spacial score (nSPS) is 18.1. The molecule has 9 nitrogen and oxygen atoms in total. The molecule has 0 radical (unpaired) electrons. The van der Waals surface area contributed by atoms with Gasteiger partial charge in [-0.25, -0.2) is 0 Å². The summed E-state index contributed by atoms with van der Waals surface area (Å²) in [5, 5.41) is 11.6. The number of carboxylic acid groups (broad SMARTS) is 1. The van der Waals surface area contributed by atoms with Crippen molar-refractivity contribution in [1.29, 1.82) is 0 Å². The Morgan fingerprint density at radius 1 is 1.11 bits per heavy atom. The molecule has 0 bridgehead atoms. The Morgan fingerprint density at radius 3 is 2.39 bits per heavy atom. The zero-order chi connectivity index (χ0) is 27.7. The van der Waals surface area contributed by atoms with Crippen molar-refractivity contribution in [3.05, 3.63) is 82.6 Å². The molecule has 1 aliphatic carbocycles. The smallest absolute Gasteiger partial charge is 0.303 e. The number of hydrogen-bond donors (Lipinski definition) is 3. The van der Waals surface area contributed by atoms with Gasteiger partial charge in [0.15, 0.2) is 11.8 Å². The lowest BCUT2D eigenvalue weighted by atomic mass is 9.89. The Kier molecular flexibility index (Phi) is 10.2. The van der Waals surface area contributed by atoms with Gasteiger partial charge in [-0.15, -0.1) is 0 Å². The summed E-state index contributed by atoms with van der Waals surface area (Å²) in [7, 11) is 3.35. The van der Waals surface area contributed by atoms with Crippen molar-refractivity contribution >= 4 is 28.9 Å². The number of ketones is 1. The van der Waals surface area contributed by atoms with Crippen molar-refractivity contribution in [3.63, 3.8) is 0 Å². The van der Waals surface area contributed by atoms with Gasteiger partial charge < -0.3 is 30.4 Å². The number of primary amides is 1. The number of hydrogen-bond acceptors (Lipinski definition) is 7. The van der Waals surface area contributed by atoms with Crippen LogP contribution in [0.15, 0.2) is 65.9 Å². The van der Waals surface area contributed by atoms with Gasteiger partial charge in [-0.2, -0.15) is 0 Å². The van der Waals surface area contributed by atoms with Crippen LogP contribution < -0.4 is 11.1 Å². The predicted octanol–water partition coefficient (Wildman–Crippen LogP) is 3.59. The van der Waals surface area contributed by atoms with Crippen LogP contribution in [0.5, 0.6) is 0 Å². The van der Waals surface area contributed by atoms with E-state index < -0.39 is 17.9 Å². The molecule has 0 spiro atoms. The lowest BCUT2D eigenvalue weighted by molar-refractivity contribution is -0.137. The number of carbonyl (C=O) groups excluding carboxylic acids is 2. The number of nitrogens with two attached hydrogens (primary N) is 1.